The van der Waals surface area contributed by atoms with E-state index < -0.39 is 5.67 Å². The van der Waals surface area contributed by atoms with Crippen molar-refractivity contribution in [3.05, 3.63) is 11.6 Å². The normalized spacial score (nSPS) is 24.2. The molecule has 2 aliphatic rings. The second kappa shape index (κ2) is 3.80. The average Bonchev–Trinajstić information content (AvgIpc) is 2.83. The number of nitrogens with zero attached hydrogens (tertiary/aromatic N) is 5. The molecule has 1 atom stereocenters. The van der Waals surface area contributed by atoms with Gasteiger partial charge in [-0.05, 0) is 31.3 Å². The quantitative estimate of drug-likeness (QED) is 0.901. The van der Waals surface area contributed by atoms with Crippen LogP contribution in [0.15, 0.2) is 0 Å². The van der Waals surface area contributed by atoms with Crippen LogP contribution in [-0.4, -0.2) is 30.7 Å². The van der Waals surface area contributed by atoms with Gasteiger partial charge in [0.05, 0.1) is 6.04 Å². The molecule has 4 rings (SSSR count). The summed E-state index contributed by atoms with van der Waals surface area (Å²) in [5.74, 6) is 1.92. The molecule has 2 aromatic rings. The highest BCUT2D eigenvalue weighted by Crippen LogP contribution is 2.48. The summed E-state index contributed by atoms with van der Waals surface area (Å²) in [7, 11) is 0. The number of hydrogen-bond donors (Lipinski definition) is 1. The first-order valence-corrected chi connectivity index (χ1v) is 7.15. The number of rotatable bonds is 2. The molecule has 0 bridgehead atoms. The van der Waals surface area contributed by atoms with E-state index in [9.17, 15) is 4.39 Å². The van der Waals surface area contributed by atoms with Gasteiger partial charge in [-0.25, -0.2) is 9.37 Å². The van der Waals surface area contributed by atoms with E-state index >= 15 is 0 Å². The van der Waals surface area contributed by atoms with Crippen molar-refractivity contribution in [1.29, 1.82) is 0 Å². The van der Waals surface area contributed by atoms with Crippen LogP contribution in [0.1, 0.15) is 37.5 Å². The van der Waals surface area contributed by atoms with E-state index in [1.165, 1.54) is 11.5 Å². The Morgan fingerprint density at radius 3 is 3.05 bits per heavy atom. The van der Waals surface area contributed by atoms with Crippen LogP contribution in [0.25, 0.3) is 10.8 Å². The van der Waals surface area contributed by atoms with Gasteiger partial charge in [-0.1, -0.05) is 0 Å². The second-order valence-corrected chi connectivity index (χ2v) is 5.85. The standard InChI is InChI=1S/C11H13FN6S/c1-6-7-15-16-8(18(7)5-4-13-6)9-14-10(17-19-9)11(12)2-3-11/h6,13H,2-5H2,1H3/t6-/m1/s1. The van der Waals surface area contributed by atoms with Crippen LogP contribution in [0.4, 0.5) is 4.39 Å². The molecule has 1 saturated carbocycles. The fraction of sp³-hybridized carbons (Fsp3) is 0.636. The molecule has 0 unspecified atom stereocenters. The zero-order chi connectivity index (χ0) is 13.0. The summed E-state index contributed by atoms with van der Waals surface area (Å²) < 4.78 is 20.1. The Kier molecular flexibility index (Phi) is 2.28. The molecule has 3 heterocycles. The van der Waals surface area contributed by atoms with Crippen LogP contribution in [0.2, 0.25) is 0 Å². The number of hydrogen-bond acceptors (Lipinski definition) is 6. The fourth-order valence-electron chi connectivity index (χ4n) is 2.33. The lowest BCUT2D eigenvalue weighted by molar-refractivity contribution is 0.303. The summed E-state index contributed by atoms with van der Waals surface area (Å²) in [5, 5.41) is 12.4. The van der Waals surface area contributed by atoms with Crippen molar-refractivity contribution < 1.29 is 4.39 Å². The summed E-state index contributed by atoms with van der Waals surface area (Å²) in [6, 6.07) is 0.179. The monoisotopic (exact) mass is 280 g/mol. The average molecular weight is 280 g/mol. The third-order valence-corrected chi connectivity index (χ3v) is 4.37. The van der Waals surface area contributed by atoms with Gasteiger partial charge >= 0.3 is 0 Å². The van der Waals surface area contributed by atoms with Crippen LogP contribution in [0, 0.1) is 0 Å². The summed E-state index contributed by atoms with van der Waals surface area (Å²) in [6.45, 7) is 3.73. The molecule has 6 nitrogen and oxygen atoms in total. The lowest BCUT2D eigenvalue weighted by Crippen LogP contribution is -2.32. The molecular formula is C11H13FN6S. The van der Waals surface area contributed by atoms with Crippen molar-refractivity contribution in [3.63, 3.8) is 0 Å². The summed E-state index contributed by atoms with van der Waals surface area (Å²) in [5.41, 5.74) is -1.28. The zero-order valence-electron chi connectivity index (χ0n) is 10.4. The van der Waals surface area contributed by atoms with Crippen LogP contribution in [-0.2, 0) is 12.2 Å². The van der Waals surface area contributed by atoms with Gasteiger partial charge in [0.15, 0.2) is 22.3 Å². The zero-order valence-corrected chi connectivity index (χ0v) is 11.2. The van der Waals surface area contributed by atoms with Gasteiger partial charge in [0.2, 0.25) is 0 Å². The minimum absolute atomic E-state index is 0.179. The van der Waals surface area contributed by atoms with Crippen molar-refractivity contribution in [3.8, 4) is 10.8 Å². The molecule has 1 aliphatic carbocycles. The van der Waals surface area contributed by atoms with Gasteiger partial charge in [0.25, 0.3) is 0 Å². The fourth-order valence-corrected chi connectivity index (χ4v) is 3.07. The van der Waals surface area contributed by atoms with E-state index in [0.717, 1.165) is 18.9 Å². The molecule has 8 heteroatoms. The van der Waals surface area contributed by atoms with Gasteiger partial charge in [-0.2, -0.15) is 4.37 Å². The van der Waals surface area contributed by atoms with Crippen molar-refractivity contribution in [2.24, 2.45) is 0 Å². The van der Waals surface area contributed by atoms with Crippen LogP contribution >= 0.6 is 11.5 Å². The summed E-state index contributed by atoms with van der Waals surface area (Å²) >= 11 is 1.20. The first kappa shape index (κ1) is 11.4. The molecule has 100 valence electrons. The molecule has 0 aromatic carbocycles. The van der Waals surface area contributed by atoms with Crippen molar-refractivity contribution in [2.45, 2.75) is 38.0 Å². The van der Waals surface area contributed by atoms with Gasteiger partial charge in [0, 0.05) is 13.1 Å². The minimum atomic E-state index is -1.28. The van der Waals surface area contributed by atoms with E-state index in [1.54, 1.807) is 0 Å². The van der Waals surface area contributed by atoms with Gasteiger partial charge in [0.1, 0.15) is 5.82 Å². The smallest absolute Gasteiger partial charge is 0.194 e. The Morgan fingerprint density at radius 2 is 2.26 bits per heavy atom. The lowest BCUT2D eigenvalue weighted by atomic mass is 10.2. The molecule has 1 aliphatic heterocycles. The van der Waals surface area contributed by atoms with Crippen LogP contribution in [0.5, 0.6) is 0 Å². The van der Waals surface area contributed by atoms with Gasteiger partial charge in [-0.3, -0.25) is 0 Å². The number of fused-ring (bicyclic) bond motifs is 1. The van der Waals surface area contributed by atoms with Crippen LogP contribution in [0.3, 0.4) is 0 Å². The number of aromatic nitrogens is 5. The molecular weight excluding hydrogens is 267 g/mol. The van der Waals surface area contributed by atoms with Crippen molar-refractivity contribution >= 4 is 11.5 Å². The van der Waals surface area contributed by atoms with Crippen LogP contribution < -0.4 is 5.32 Å². The summed E-state index contributed by atoms with van der Waals surface area (Å²) in [6.07, 6.45) is 1.06. The van der Waals surface area contributed by atoms with E-state index in [0.29, 0.717) is 29.5 Å². The van der Waals surface area contributed by atoms with E-state index in [2.05, 4.69) is 31.8 Å². The summed E-state index contributed by atoms with van der Waals surface area (Å²) in [4.78, 5) is 4.31. The van der Waals surface area contributed by atoms with E-state index in [4.69, 9.17) is 0 Å². The maximum absolute atomic E-state index is 13.9. The topological polar surface area (TPSA) is 68.5 Å². The Hall–Kier alpha value is -1.41. The molecule has 1 fully saturated rings. The number of halogens is 1. The maximum atomic E-state index is 13.9. The third kappa shape index (κ3) is 1.70. The number of nitrogens with one attached hydrogen (secondary N) is 1. The van der Waals surface area contributed by atoms with E-state index in [-0.39, 0.29) is 6.04 Å². The van der Waals surface area contributed by atoms with Crippen molar-refractivity contribution in [2.75, 3.05) is 6.54 Å². The lowest BCUT2D eigenvalue weighted by Gasteiger charge is -2.21. The highest BCUT2D eigenvalue weighted by atomic mass is 32.1. The highest BCUT2D eigenvalue weighted by Gasteiger charge is 2.49. The molecule has 0 radical (unpaired) electrons. The largest absolute Gasteiger partial charge is 0.306 e. The molecule has 0 amide bonds. The molecule has 19 heavy (non-hydrogen) atoms. The Bertz CT molecular complexity index is 631. The van der Waals surface area contributed by atoms with Gasteiger partial charge < -0.3 is 9.88 Å². The first-order valence-electron chi connectivity index (χ1n) is 6.37. The van der Waals surface area contributed by atoms with Gasteiger partial charge in [-0.15, -0.1) is 10.2 Å². The third-order valence-electron chi connectivity index (χ3n) is 3.66. The van der Waals surface area contributed by atoms with E-state index in [1.807, 2.05) is 4.57 Å². The molecule has 1 N–H and O–H groups in total. The maximum Gasteiger partial charge on any atom is 0.194 e. The predicted octanol–water partition coefficient (Wildman–Crippen LogP) is 1.42. The minimum Gasteiger partial charge on any atom is -0.306 e. The first-order chi connectivity index (χ1) is 9.17. The Balaban J connectivity index is 1.74. The predicted molar refractivity (Wildman–Crippen MR) is 67.4 cm³/mol. The Labute approximate surface area is 113 Å². The van der Waals surface area contributed by atoms with Crippen molar-refractivity contribution in [1.82, 2.24) is 29.4 Å². The molecule has 0 spiro atoms. The SMILES string of the molecule is C[C@H]1NCCn2c(-c3nc(C4(F)CC4)ns3)nnc21. The molecule has 0 saturated heterocycles. The molecule has 2 aromatic heterocycles. The second-order valence-electron chi connectivity index (χ2n) is 5.10. The highest BCUT2D eigenvalue weighted by molar-refractivity contribution is 7.09. The Morgan fingerprint density at radius 1 is 1.42 bits per heavy atom. The number of alkyl halides is 1.